The van der Waals surface area contributed by atoms with Crippen molar-refractivity contribution < 1.29 is 27.5 Å². The highest BCUT2D eigenvalue weighted by Crippen LogP contribution is 2.32. The summed E-state index contributed by atoms with van der Waals surface area (Å²) < 4.78 is 38.4. The van der Waals surface area contributed by atoms with Gasteiger partial charge in [-0.05, 0) is 55.3 Å². The Morgan fingerprint density at radius 2 is 1.76 bits per heavy atom. The van der Waals surface area contributed by atoms with Crippen LogP contribution in [0.4, 0.5) is 11.4 Å². The summed E-state index contributed by atoms with van der Waals surface area (Å²) in [7, 11) is -3.86. The molecule has 1 N–H and O–H groups in total. The summed E-state index contributed by atoms with van der Waals surface area (Å²) in [5.41, 5.74) is 2.10. The smallest absolute Gasteiger partial charge is 0.338 e. The summed E-state index contributed by atoms with van der Waals surface area (Å²) in [6.07, 6.45) is 0.624. The average molecular weight is 481 g/mol. The minimum absolute atomic E-state index is 0.0197. The van der Waals surface area contributed by atoms with Gasteiger partial charge in [0.25, 0.3) is 15.9 Å². The molecule has 9 heteroatoms. The van der Waals surface area contributed by atoms with Crippen LogP contribution in [0.5, 0.6) is 5.75 Å². The van der Waals surface area contributed by atoms with E-state index in [1.165, 1.54) is 28.6 Å². The van der Waals surface area contributed by atoms with E-state index in [9.17, 15) is 18.0 Å². The van der Waals surface area contributed by atoms with E-state index in [2.05, 4.69) is 5.32 Å². The van der Waals surface area contributed by atoms with Gasteiger partial charge < -0.3 is 14.8 Å². The zero-order valence-electron chi connectivity index (χ0n) is 18.6. The van der Waals surface area contributed by atoms with E-state index in [1.807, 2.05) is 19.1 Å². The van der Waals surface area contributed by atoms with Gasteiger partial charge in [0.1, 0.15) is 5.75 Å². The summed E-state index contributed by atoms with van der Waals surface area (Å²) in [5, 5.41) is 2.64. The molecule has 34 heavy (non-hydrogen) atoms. The molecule has 3 aromatic rings. The molecule has 1 aliphatic heterocycles. The van der Waals surface area contributed by atoms with Crippen LogP contribution in [0.25, 0.3) is 0 Å². The summed E-state index contributed by atoms with van der Waals surface area (Å²) in [6.45, 7) is 2.07. The van der Waals surface area contributed by atoms with Gasteiger partial charge in [-0.3, -0.25) is 9.10 Å². The van der Waals surface area contributed by atoms with E-state index in [0.29, 0.717) is 36.7 Å². The first-order valence-electron chi connectivity index (χ1n) is 10.8. The third kappa shape index (κ3) is 4.89. The molecule has 0 saturated carbocycles. The number of nitrogens with one attached hydrogen (secondary N) is 1. The number of ether oxygens (including phenoxy) is 2. The van der Waals surface area contributed by atoms with Crippen LogP contribution in [-0.4, -0.2) is 40.1 Å². The van der Waals surface area contributed by atoms with Crippen LogP contribution in [-0.2, 0) is 26.0 Å². The highest BCUT2D eigenvalue weighted by Gasteiger charge is 2.31. The number of hydrogen-bond donors (Lipinski definition) is 1. The number of nitrogens with zero attached hydrogens (tertiary/aromatic N) is 1. The molecular weight excluding hydrogens is 456 g/mol. The Kier molecular flexibility index (Phi) is 6.83. The molecule has 1 aliphatic rings. The number of para-hydroxylation sites is 3. The van der Waals surface area contributed by atoms with Crippen molar-refractivity contribution in [1.29, 1.82) is 0 Å². The Hall–Kier alpha value is -3.85. The number of amides is 1. The van der Waals surface area contributed by atoms with Crippen molar-refractivity contribution in [2.45, 2.75) is 18.2 Å². The number of sulfonamides is 1. The van der Waals surface area contributed by atoms with Crippen molar-refractivity contribution in [3.8, 4) is 5.75 Å². The van der Waals surface area contributed by atoms with Crippen molar-refractivity contribution in [2.24, 2.45) is 0 Å². The molecule has 1 heterocycles. The van der Waals surface area contributed by atoms with Crippen LogP contribution < -0.4 is 14.4 Å². The quantitative estimate of drug-likeness (QED) is 0.494. The fourth-order valence-corrected chi connectivity index (χ4v) is 5.27. The second-order valence-electron chi connectivity index (χ2n) is 7.54. The van der Waals surface area contributed by atoms with Crippen molar-refractivity contribution in [3.63, 3.8) is 0 Å². The predicted molar refractivity (Wildman–Crippen MR) is 128 cm³/mol. The van der Waals surface area contributed by atoms with Crippen molar-refractivity contribution in [3.05, 3.63) is 83.9 Å². The molecule has 176 valence electrons. The van der Waals surface area contributed by atoms with Crippen LogP contribution in [0, 0.1) is 0 Å². The number of carbonyl (C=O) groups excluding carboxylic acids is 2. The maximum absolute atomic E-state index is 13.2. The molecule has 3 aromatic carbocycles. The van der Waals surface area contributed by atoms with Crippen LogP contribution in [0.3, 0.4) is 0 Å². The van der Waals surface area contributed by atoms with E-state index < -0.39 is 28.5 Å². The zero-order valence-corrected chi connectivity index (χ0v) is 19.4. The number of fused-ring (bicyclic) bond motifs is 1. The molecule has 0 radical (unpaired) electrons. The first kappa shape index (κ1) is 23.3. The number of esters is 1. The SMILES string of the molecule is CCOc1ccccc1NC(=O)COC(=O)c1cccc(S(=O)(=O)N2CCc3ccccc32)c1. The van der Waals surface area contributed by atoms with E-state index in [4.69, 9.17) is 9.47 Å². The topological polar surface area (TPSA) is 102 Å². The minimum atomic E-state index is -3.86. The Morgan fingerprint density at radius 1 is 1.00 bits per heavy atom. The molecule has 0 spiro atoms. The Balaban J connectivity index is 1.43. The second kappa shape index (κ2) is 9.96. The molecule has 8 nitrogen and oxygen atoms in total. The minimum Gasteiger partial charge on any atom is -0.492 e. The number of anilines is 2. The molecule has 0 saturated heterocycles. The lowest BCUT2D eigenvalue weighted by Gasteiger charge is -2.19. The first-order valence-corrected chi connectivity index (χ1v) is 12.2. The molecule has 0 aromatic heterocycles. The maximum atomic E-state index is 13.2. The Labute approximate surface area is 198 Å². The van der Waals surface area contributed by atoms with Crippen LogP contribution in [0.1, 0.15) is 22.8 Å². The van der Waals surface area contributed by atoms with Gasteiger partial charge in [0.15, 0.2) is 6.61 Å². The Morgan fingerprint density at radius 3 is 2.59 bits per heavy atom. The lowest BCUT2D eigenvalue weighted by Crippen LogP contribution is -2.29. The van der Waals surface area contributed by atoms with Crippen LogP contribution in [0.15, 0.2) is 77.7 Å². The molecule has 0 aliphatic carbocycles. The fourth-order valence-electron chi connectivity index (χ4n) is 3.72. The highest BCUT2D eigenvalue weighted by atomic mass is 32.2. The molecule has 0 bridgehead atoms. The lowest BCUT2D eigenvalue weighted by molar-refractivity contribution is -0.119. The van der Waals surface area contributed by atoms with Gasteiger partial charge in [0, 0.05) is 6.54 Å². The summed E-state index contributed by atoms with van der Waals surface area (Å²) in [6, 6.07) is 19.9. The van der Waals surface area contributed by atoms with Crippen molar-refractivity contribution >= 4 is 33.3 Å². The summed E-state index contributed by atoms with van der Waals surface area (Å²) in [4.78, 5) is 24.8. The molecule has 1 amide bonds. The molecule has 0 fully saturated rings. The monoisotopic (exact) mass is 480 g/mol. The van der Waals surface area contributed by atoms with E-state index in [0.717, 1.165) is 5.56 Å². The lowest BCUT2D eigenvalue weighted by atomic mass is 10.2. The normalized spacial score (nSPS) is 12.7. The highest BCUT2D eigenvalue weighted by molar-refractivity contribution is 7.92. The standard InChI is InChI=1S/C25H24N2O6S/c1-2-32-23-13-6-4-11-21(23)26-24(28)17-33-25(29)19-9-7-10-20(16-19)34(30,31)27-15-14-18-8-3-5-12-22(18)27/h3-13,16H,2,14-15,17H2,1H3,(H,26,28). The van der Waals surface area contributed by atoms with Gasteiger partial charge in [-0.15, -0.1) is 0 Å². The molecule has 0 unspecified atom stereocenters. The summed E-state index contributed by atoms with van der Waals surface area (Å²) in [5.74, 6) is -0.837. The van der Waals surface area contributed by atoms with Gasteiger partial charge in [0.2, 0.25) is 0 Å². The van der Waals surface area contributed by atoms with E-state index in [-0.39, 0.29) is 10.5 Å². The summed E-state index contributed by atoms with van der Waals surface area (Å²) >= 11 is 0. The van der Waals surface area contributed by atoms with Crippen LogP contribution in [0.2, 0.25) is 0 Å². The molecule has 0 atom stereocenters. The van der Waals surface area contributed by atoms with E-state index >= 15 is 0 Å². The van der Waals surface area contributed by atoms with Gasteiger partial charge >= 0.3 is 5.97 Å². The van der Waals surface area contributed by atoms with Gasteiger partial charge in [-0.1, -0.05) is 36.4 Å². The third-order valence-corrected chi connectivity index (χ3v) is 7.11. The van der Waals surface area contributed by atoms with Gasteiger partial charge in [-0.25, -0.2) is 13.2 Å². The third-order valence-electron chi connectivity index (χ3n) is 5.30. The van der Waals surface area contributed by atoms with Crippen molar-refractivity contribution in [2.75, 3.05) is 29.4 Å². The first-order chi connectivity index (χ1) is 16.4. The molecular formula is C25H24N2O6S. The van der Waals surface area contributed by atoms with Crippen molar-refractivity contribution in [1.82, 2.24) is 0 Å². The number of carbonyl (C=O) groups is 2. The fraction of sp³-hybridized carbons (Fsp3) is 0.200. The number of benzene rings is 3. The second-order valence-corrected chi connectivity index (χ2v) is 9.40. The predicted octanol–water partition coefficient (Wildman–Crippen LogP) is 3.63. The number of hydrogen-bond acceptors (Lipinski definition) is 6. The van der Waals surface area contributed by atoms with E-state index in [1.54, 1.807) is 36.4 Å². The van der Waals surface area contributed by atoms with Gasteiger partial charge in [0.05, 0.1) is 28.4 Å². The average Bonchev–Trinajstić information content (AvgIpc) is 3.29. The maximum Gasteiger partial charge on any atom is 0.338 e. The van der Waals surface area contributed by atoms with Gasteiger partial charge in [-0.2, -0.15) is 0 Å². The Bertz CT molecular complexity index is 1320. The van der Waals surface area contributed by atoms with Crippen LogP contribution >= 0.6 is 0 Å². The number of rotatable bonds is 8. The molecule has 4 rings (SSSR count). The largest absolute Gasteiger partial charge is 0.492 e. The zero-order chi connectivity index (χ0) is 24.1.